The number of ether oxygens (including phenoxy) is 1. The van der Waals surface area contributed by atoms with Crippen LogP contribution in [-0.4, -0.2) is 4.57 Å². The van der Waals surface area contributed by atoms with Gasteiger partial charge in [-0.15, -0.1) is 6.42 Å². The molecule has 1 atom stereocenters. The molecule has 49 heavy (non-hydrogen) atoms. The molecule has 0 saturated carbocycles. The van der Waals surface area contributed by atoms with E-state index in [1.165, 1.54) is 5.56 Å². The third kappa shape index (κ3) is 11.2. The quantitative estimate of drug-likeness (QED) is 0.306. The highest BCUT2D eigenvalue weighted by Crippen LogP contribution is 2.30. The zero-order valence-corrected chi connectivity index (χ0v) is 26.7. The Morgan fingerprint density at radius 3 is 1.73 bits per heavy atom. The summed E-state index contributed by atoms with van der Waals surface area (Å²) in [6, 6.07) is 22.5. The number of hydrogen-bond acceptors (Lipinski definition) is 2. The first kappa shape index (κ1) is 34.0. The van der Waals surface area contributed by atoms with Gasteiger partial charge in [-0.25, -0.2) is 0 Å². The molecular weight excluding hydrogens is 597 g/mol. The Bertz CT molecular complexity index is 2600. The highest BCUT2D eigenvalue weighted by atomic mass is 16.5. The molecule has 4 aromatic rings. The summed E-state index contributed by atoms with van der Waals surface area (Å²) in [4.78, 5) is 0. The number of rotatable bonds is 5. The lowest BCUT2D eigenvalue weighted by Gasteiger charge is -2.12. The number of terminal acetylenes is 1. The van der Waals surface area contributed by atoms with Gasteiger partial charge in [0.1, 0.15) is 11.9 Å². The molecule has 0 radical (unpaired) electrons. The number of benzene rings is 3. The fourth-order valence-electron chi connectivity index (χ4n) is 4.46. The molecule has 1 aromatic heterocycles. The van der Waals surface area contributed by atoms with Crippen molar-refractivity contribution in [1.82, 2.24) is 4.57 Å². The van der Waals surface area contributed by atoms with Crippen molar-refractivity contribution in [3.63, 3.8) is 0 Å². The summed E-state index contributed by atoms with van der Waals surface area (Å²) in [6.45, 7) is 4.74. The molecule has 0 fully saturated rings. The number of aromatic nitrogens is 1. The van der Waals surface area contributed by atoms with Gasteiger partial charge in [0.2, 0.25) is 0 Å². The maximum atomic E-state index is 6.75. The Kier molecular flexibility index (Phi) is 13.1. The normalized spacial score (nSPS) is 8.69. The van der Waals surface area contributed by atoms with Crippen molar-refractivity contribution in [2.45, 2.75) is 26.4 Å². The molecule has 0 saturated heterocycles. The fraction of sp³-hybridized carbons (Fsp3) is 0.0870. The van der Waals surface area contributed by atoms with Crippen LogP contribution in [0.2, 0.25) is 0 Å². The van der Waals surface area contributed by atoms with Crippen LogP contribution in [0.25, 0.3) is 10.9 Å². The van der Waals surface area contributed by atoms with E-state index in [0.717, 1.165) is 33.2 Å². The van der Waals surface area contributed by atoms with E-state index in [1.807, 2.05) is 31.2 Å². The minimum Gasteiger partial charge on any atom is -0.407 e. The molecule has 1 heterocycles. The summed E-state index contributed by atoms with van der Waals surface area (Å²) in [5, 5.41) is 1.14. The van der Waals surface area contributed by atoms with E-state index < -0.39 is 0 Å². The predicted octanol–water partition coefficient (Wildman–Crippen LogP) is 5.36. The smallest absolute Gasteiger partial charge is 0.140 e. The van der Waals surface area contributed by atoms with Crippen LogP contribution in [0.3, 0.4) is 0 Å². The molecule has 3 aromatic carbocycles. The van der Waals surface area contributed by atoms with Crippen LogP contribution < -0.4 is 10.5 Å². The molecule has 0 spiro atoms. The number of fused-ring (bicyclic) bond motifs is 1. The van der Waals surface area contributed by atoms with Crippen molar-refractivity contribution in [3.05, 3.63) is 101 Å². The van der Waals surface area contributed by atoms with E-state index in [9.17, 15) is 0 Å². The molecule has 224 valence electrons. The van der Waals surface area contributed by atoms with E-state index in [2.05, 4.69) is 185 Å². The maximum absolute atomic E-state index is 6.75. The second-order valence-electron chi connectivity index (χ2n) is 10.00. The van der Waals surface area contributed by atoms with Crippen molar-refractivity contribution >= 4 is 10.9 Å². The van der Waals surface area contributed by atoms with Gasteiger partial charge in [-0.3, -0.25) is 0 Å². The number of aryl methyl sites for hydroxylation is 2. The van der Waals surface area contributed by atoms with Gasteiger partial charge in [-0.1, -0.05) is 54.1 Å². The number of nitrogens with zero attached hydrogens (tertiary/aromatic N) is 1. The van der Waals surface area contributed by atoms with Gasteiger partial charge in [0, 0.05) is 94.7 Å². The summed E-state index contributed by atoms with van der Waals surface area (Å²) in [5.41, 5.74) is 13.4. The second-order valence-corrected chi connectivity index (χ2v) is 10.00. The van der Waals surface area contributed by atoms with Crippen LogP contribution in [0, 0.1) is 145 Å². The Balaban J connectivity index is 1.34. The molecule has 2 N–H and O–H groups in total. The fourth-order valence-corrected chi connectivity index (χ4v) is 4.46. The van der Waals surface area contributed by atoms with Crippen LogP contribution >= 0.6 is 0 Å². The molecule has 4 rings (SSSR count). The molecule has 0 aliphatic carbocycles. The Morgan fingerprint density at radius 1 is 0.633 bits per heavy atom. The zero-order chi connectivity index (χ0) is 34.5. The molecule has 0 aliphatic rings. The Hall–Kier alpha value is -7.88. The molecule has 1 unspecified atom stereocenters. The van der Waals surface area contributed by atoms with Gasteiger partial charge in [0.05, 0.1) is 6.04 Å². The molecule has 0 aliphatic heterocycles. The third-order valence-corrected chi connectivity index (χ3v) is 6.47. The summed E-state index contributed by atoms with van der Waals surface area (Å²) in [7, 11) is 0. The second kappa shape index (κ2) is 18.8. The standard InChI is InChI=1S/C46H24N2O/c1-4-5-6-7-8-9-10-11-12-13-14-15-16-17-18-19-20-21-22-25-32-49-42-34-39(3)33-40(35-42)36-48-37-44(43-26-23-24-27-45(43)48)46(47)41-30-28-38(2)29-31-41/h1,23-24,26-31,33-35,37,46H,36,47H2,2-3H3. The lowest BCUT2D eigenvalue weighted by Crippen LogP contribution is -2.11. The van der Waals surface area contributed by atoms with Crippen LogP contribution in [-0.2, 0) is 6.54 Å². The van der Waals surface area contributed by atoms with Gasteiger partial charge >= 0.3 is 0 Å². The van der Waals surface area contributed by atoms with Crippen molar-refractivity contribution in [1.29, 1.82) is 0 Å². The predicted molar refractivity (Wildman–Crippen MR) is 197 cm³/mol. The monoisotopic (exact) mass is 620 g/mol. The van der Waals surface area contributed by atoms with Gasteiger partial charge < -0.3 is 15.0 Å². The van der Waals surface area contributed by atoms with E-state index in [1.54, 1.807) is 0 Å². The van der Waals surface area contributed by atoms with Gasteiger partial charge in [0.15, 0.2) is 0 Å². The van der Waals surface area contributed by atoms with Crippen molar-refractivity contribution in [2.75, 3.05) is 0 Å². The van der Waals surface area contributed by atoms with Crippen LogP contribution in [0.5, 0.6) is 5.75 Å². The highest BCUT2D eigenvalue weighted by molar-refractivity contribution is 5.85. The Labute approximate surface area is 289 Å². The first-order chi connectivity index (χ1) is 24.0. The molecule has 3 heteroatoms. The van der Waals surface area contributed by atoms with Crippen LogP contribution in [0.4, 0.5) is 0 Å². The summed E-state index contributed by atoms with van der Waals surface area (Å²) >= 11 is 0. The van der Waals surface area contributed by atoms with E-state index in [0.29, 0.717) is 12.3 Å². The highest BCUT2D eigenvalue weighted by Gasteiger charge is 2.16. The topological polar surface area (TPSA) is 40.2 Å². The number of hydrogen-bond donors (Lipinski definition) is 1. The lowest BCUT2D eigenvalue weighted by atomic mass is 9.98. The van der Waals surface area contributed by atoms with Gasteiger partial charge in [0.25, 0.3) is 0 Å². The van der Waals surface area contributed by atoms with Crippen molar-refractivity contribution in [3.8, 4) is 137 Å². The average molecular weight is 621 g/mol. The third-order valence-electron chi connectivity index (χ3n) is 6.47. The van der Waals surface area contributed by atoms with E-state index in [-0.39, 0.29) is 6.04 Å². The largest absolute Gasteiger partial charge is 0.407 e. The summed E-state index contributed by atoms with van der Waals surface area (Å²) in [5.74, 6) is 50.8. The molecule has 0 bridgehead atoms. The number of para-hydroxylation sites is 1. The molecule has 0 amide bonds. The van der Waals surface area contributed by atoms with Crippen molar-refractivity contribution in [2.24, 2.45) is 5.73 Å². The van der Waals surface area contributed by atoms with Crippen molar-refractivity contribution < 1.29 is 4.74 Å². The first-order valence-electron chi connectivity index (χ1n) is 14.7. The van der Waals surface area contributed by atoms with Crippen LogP contribution in [0.15, 0.2) is 72.9 Å². The minimum atomic E-state index is -0.234. The molecule has 3 nitrogen and oxygen atoms in total. The first-order valence-corrected chi connectivity index (χ1v) is 14.7. The van der Waals surface area contributed by atoms with Gasteiger partial charge in [-0.05, 0) is 102 Å². The number of nitrogens with two attached hydrogens (primary N) is 1. The average Bonchev–Trinajstić information content (AvgIpc) is 3.46. The van der Waals surface area contributed by atoms with Gasteiger partial charge in [-0.2, -0.15) is 0 Å². The molecular formula is C46H24N2O. The Morgan fingerprint density at radius 2 is 1.16 bits per heavy atom. The zero-order valence-electron chi connectivity index (χ0n) is 26.7. The SMILES string of the molecule is C#CC#CC#CC#CC#CC#CC#CC#CC#CC#CC#COc1cc(C)cc(Cn2cc(C(N)c3ccc(C)cc3)c3ccccc32)c1. The van der Waals surface area contributed by atoms with Crippen LogP contribution in [0.1, 0.15) is 33.9 Å². The summed E-state index contributed by atoms with van der Waals surface area (Å²) < 4.78 is 7.89. The summed E-state index contributed by atoms with van der Waals surface area (Å²) in [6.07, 6.45) is 9.73. The maximum Gasteiger partial charge on any atom is 0.140 e. The lowest BCUT2D eigenvalue weighted by molar-refractivity contribution is 0.518. The minimum absolute atomic E-state index is 0.234. The van der Waals surface area contributed by atoms with E-state index in [4.69, 9.17) is 16.9 Å². The van der Waals surface area contributed by atoms with E-state index >= 15 is 0 Å².